The zero-order valence-corrected chi connectivity index (χ0v) is 13.1. The summed E-state index contributed by atoms with van der Waals surface area (Å²) in [7, 11) is 0. The number of rotatable bonds is 3. The Morgan fingerprint density at radius 3 is 2.67 bits per heavy atom. The van der Waals surface area contributed by atoms with E-state index in [-0.39, 0.29) is 5.28 Å². The lowest BCUT2D eigenvalue weighted by Gasteiger charge is -2.30. The first kappa shape index (κ1) is 14.8. The van der Waals surface area contributed by atoms with Crippen LogP contribution in [0.3, 0.4) is 0 Å². The van der Waals surface area contributed by atoms with Crippen LogP contribution < -0.4 is 10.2 Å². The first-order chi connectivity index (χ1) is 10.2. The van der Waals surface area contributed by atoms with E-state index in [2.05, 4.69) is 32.1 Å². The highest BCUT2D eigenvalue weighted by molar-refractivity contribution is 6.28. The fourth-order valence-electron chi connectivity index (χ4n) is 3.01. The van der Waals surface area contributed by atoms with Crippen molar-refractivity contribution in [1.29, 1.82) is 0 Å². The lowest BCUT2D eigenvalue weighted by Crippen LogP contribution is -2.38. The van der Waals surface area contributed by atoms with Crippen molar-refractivity contribution >= 4 is 23.5 Å². The number of anilines is 2. The van der Waals surface area contributed by atoms with Gasteiger partial charge in [0.1, 0.15) is 0 Å². The fourth-order valence-corrected chi connectivity index (χ4v) is 3.16. The van der Waals surface area contributed by atoms with Gasteiger partial charge in [0.05, 0.1) is 13.2 Å². The van der Waals surface area contributed by atoms with Crippen molar-refractivity contribution in [3.05, 3.63) is 5.28 Å². The number of morpholine rings is 1. The van der Waals surface area contributed by atoms with Gasteiger partial charge >= 0.3 is 0 Å². The maximum atomic E-state index is 6.06. The van der Waals surface area contributed by atoms with Gasteiger partial charge in [-0.15, -0.1) is 0 Å². The summed E-state index contributed by atoms with van der Waals surface area (Å²) in [4.78, 5) is 15.1. The Morgan fingerprint density at radius 2 is 1.90 bits per heavy atom. The number of ether oxygens (including phenoxy) is 1. The van der Waals surface area contributed by atoms with Gasteiger partial charge in [0.25, 0.3) is 0 Å². The van der Waals surface area contributed by atoms with Gasteiger partial charge in [-0.1, -0.05) is 19.8 Å². The van der Waals surface area contributed by atoms with Crippen LogP contribution in [0, 0.1) is 5.92 Å². The van der Waals surface area contributed by atoms with E-state index in [9.17, 15) is 0 Å². The summed E-state index contributed by atoms with van der Waals surface area (Å²) in [6.07, 6.45) is 5.00. The zero-order chi connectivity index (χ0) is 14.7. The van der Waals surface area contributed by atoms with Crippen LogP contribution in [0.1, 0.15) is 32.6 Å². The lowest BCUT2D eigenvalue weighted by atomic mass is 9.86. The number of nitrogens with zero attached hydrogens (tertiary/aromatic N) is 4. The van der Waals surface area contributed by atoms with E-state index < -0.39 is 0 Å². The quantitative estimate of drug-likeness (QED) is 0.924. The Bertz CT molecular complexity index is 480. The second kappa shape index (κ2) is 6.75. The van der Waals surface area contributed by atoms with E-state index in [1.807, 2.05) is 0 Å². The molecule has 1 aliphatic heterocycles. The predicted octanol–water partition coefficient (Wildman–Crippen LogP) is 2.35. The van der Waals surface area contributed by atoms with E-state index >= 15 is 0 Å². The van der Waals surface area contributed by atoms with E-state index in [4.69, 9.17) is 16.3 Å². The molecule has 1 aromatic heterocycles. The number of halogens is 1. The minimum absolute atomic E-state index is 0.248. The number of hydrogen-bond acceptors (Lipinski definition) is 6. The molecule has 0 radical (unpaired) electrons. The van der Waals surface area contributed by atoms with Crippen molar-refractivity contribution in [1.82, 2.24) is 15.0 Å². The van der Waals surface area contributed by atoms with Crippen LogP contribution >= 0.6 is 11.6 Å². The minimum Gasteiger partial charge on any atom is -0.378 e. The highest BCUT2D eigenvalue weighted by Gasteiger charge is 2.23. The van der Waals surface area contributed by atoms with Crippen LogP contribution in [0.4, 0.5) is 11.9 Å². The molecule has 0 spiro atoms. The highest BCUT2D eigenvalue weighted by Crippen LogP contribution is 2.26. The first-order valence-corrected chi connectivity index (χ1v) is 8.11. The van der Waals surface area contributed by atoms with Crippen LogP contribution in [0.15, 0.2) is 0 Å². The Hall–Kier alpha value is -1.14. The van der Waals surface area contributed by atoms with Gasteiger partial charge < -0.3 is 15.0 Å². The summed E-state index contributed by atoms with van der Waals surface area (Å²) >= 11 is 6.06. The molecule has 2 heterocycles. The first-order valence-electron chi connectivity index (χ1n) is 7.73. The molecule has 6 nitrogen and oxygen atoms in total. The molecule has 3 rings (SSSR count). The van der Waals surface area contributed by atoms with Crippen LogP contribution in [0.25, 0.3) is 0 Å². The van der Waals surface area contributed by atoms with Crippen molar-refractivity contribution in [2.75, 3.05) is 36.5 Å². The fraction of sp³-hybridized carbons (Fsp3) is 0.786. The molecule has 2 atom stereocenters. The smallest absolute Gasteiger partial charge is 0.231 e. The Labute approximate surface area is 130 Å². The molecular weight excluding hydrogens is 290 g/mol. The molecule has 0 aromatic carbocycles. The van der Waals surface area contributed by atoms with Gasteiger partial charge in [-0.05, 0) is 30.4 Å². The summed E-state index contributed by atoms with van der Waals surface area (Å²) in [5.41, 5.74) is 0. The van der Waals surface area contributed by atoms with E-state index in [0.717, 1.165) is 19.5 Å². The highest BCUT2D eigenvalue weighted by atomic mass is 35.5. The predicted molar refractivity (Wildman–Crippen MR) is 82.9 cm³/mol. The molecule has 0 bridgehead atoms. The van der Waals surface area contributed by atoms with Gasteiger partial charge in [0, 0.05) is 19.1 Å². The summed E-state index contributed by atoms with van der Waals surface area (Å²) in [6, 6.07) is 0.426. The number of nitrogens with one attached hydrogen (secondary N) is 1. The van der Waals surface area contributed by atoms with E-state index in [1.54, 1.807) is 0 Å². The third-order valence-electron chi connectivity index (χ3n) is 4.32. The molecule has 116 valence electrons. The second-order valence-corrected chi connectivity index (χ2v) is 6.18. The molecule has 2 unspecified atom stereocenters. The van der Waals surface area contributed by atoms with Crippen molar-refractivity contribution in [2.24, 2.45) is 5.92 Å². The Morgan fingerprint density at radius 1 is 1.14 bits per heavy atom. The summed E-state index contributed by atoms with van der Waals surface area (Å²) < 4.78 is 5.36. The molecule has 2 fully saturated rings. The van der Waals surface area contributed by atoms with Gasteiger partial charge in [0.15, 0.2) is 0 Å². The standard InChI is InChI=1S/C14H22ClN5O/c1-10-4-2-3-5-11(10)16-13-17-12(15)18-14(19-13)20-6-8-21-9-7-20/h10-11H,2-9H2,1H3,(H,16,17,18,19). The van der Waals surface area contributed by atoms with Gasteiger partial charge in [0.2, 0.25) is 17.2 Å². The van der Waals surface area contributed by atoms with Crippen molar-refractivity contribution in [3.8, 4) is 0 Å². The average Bonchev–Trinajstić information content (AvgIpc) is 2.50. The molecule has 1 saturated heterocycles. The molecule has 2 aliphatic rings. The average molecular weight is 312 g/mol. The molecule has 7 heteroatoms. The third kappa shape index (κ3) is 3.74. The molecule has 0 amide bonds. The molecule has 1 aliphatic carbocycles. The van der Waals surface area contributed by atoms with E-state index in [1.165, 1.54) is 19.3 Å². The van der Waals surface area contributed by atoms with Gasteiger partial charge in [-0.25, -0.2) is 0 Å². The number of aromatic nitrogens is 3. The molecular formula is C14H22ClN5O. The van der Waals surface area contributed by atoms with Crippen LogP contribution in [0.5, 0.6) is 0 Å². The summed E-state index contributed by atoms with van der Waals surface area (Å²) in [5.74, 6) is 1.88. The van der Waals surface area contributed by atoms with Crippen molar-refractivity contribution in [2.45, 2.75) is 38.6 Å². The van der Waals surface area contributed by atoms with Crippen LogP contribution in [-0.2, 0) is 4.74 Å². The topological polar surface area (TPSA) is 63.2 Å². The third-order valence-corrected chi connectivity index (χ3v) is 4.49. The lowest BCUT2D eigenvalue weighted by molar-refractivity contribution is 0.122. The van der Waals surface area contributed by atoms with Crippen molar-refractivity contribution in [3.63, 3.8) is 0 Å². The molecule has 1 N–H and O–H groups in total. The van der Waals surface area contributed by atoms with Crippen molar-refractivity contribution < 1.29 is 4.74 Å². The zero-order valence-electron chi connectivity index (χ0n) is 12.4. The van der Waals surface area contributed by atoms with Crippen LogP contribution in [0.2, 0.25) is 5.28 Å². The molecule has 1 saturated carbocycles. The summed E-state index contributed by atoms with van der Waals surface area (Å²) in [5, 5.41) is 3.69. The summed E-state index contributed by atoms with van der Waals surface area (Å²) in [6.45, 7) is 5.26. The monoisotopic (exact) mass is 311 g/mol. The SMILES string of the molecule is CC1CCCCC1Nc1nc(Cl)nc(N2CCOCC2)n1. The van der Waals surface area contributed by atoms with Gasteiger partial charge in [-0.3, -0.25) is 0 Å². The normalized spacial score (nSPS) is 26.7. The number of hydrogen-bond donors (Lipinski definition) is 1. The Balaban J connectivity index is 1.73. The minimum atomic E-state index is 0.248. The Kier molecular flexibility index (Phi) is 4.75. The maximum Gasteiger partial charge on any atom is 0.231 e. The van der Waals surface area contributed by atoms with Gasteiger partial charge in [-0.2, -0.15) is 15.0 Å². The largest absolute Gasteiger partial charge is 0.378 e. The maximum absolute atomic E-state index is 6.06. The molecule has 1 aromatic rings. The molecule has 21 heavy (non-hydrogen) atoms. The van der Waals surface area contributed by atoms with Crippen LogP contribution in [-0.4, -0.2) is 47.3 Å². The van der Waals surface area contributed by atoms with E-state index in [0.29, 0.717) is 37.1 Å². The second-order valence-electron chi connectivity index (χ2n) is 5.84.